The summed E-state index contributed by atoms with van der Waals surface area (Å²) in [5, 5.41) is 10.7. The van der Waals surface area contributed by atoms with Crippen LogP contribution in [0, 0.1) is 0 Å². The predicted molar refractivity (Wildman–Crippen MR) is 101 cm³/mol. The van der Waals surface area contributed by atoms with E-state index < -0.39 is 0 Å². The van der Waals surface area contributed by atoms with Crippen LogP contribution in [0.2, 0.25) is 0 Å². The Morgan fingerprint density at radius 3 is 2.73 bits per heavy atom. The maximum absolute atomic E-state index is 12.6. The van der Waals surface area contributed by atoms with Gasteiger partial charge in [-0.05, 0) is 32.0 Å². The zero-order valence-corrected chi connectivity index (χ0v) is 14.8. The van der Waals surface area contributed by atoms with E-state index in [1.807, 2.05) is 24.3 Å². The van der Waals surface area contributed by atoms with Crippen LogP contribution in [0.3, 0.4) is 0 Å². The molecule has 3 aromatic rings. The van der Waals surface area contributed by atoms with E-state index in [-0.39, 0.29) is 18.1 Å². The minimum absolute atomic E-state index is 0.176. The maximum atomic E-state index is 12.6. The number of ether oxygens (including phenoxy) is 1. The zero-order chi connectivity index (χ0) is 18.1. The van der Waals surface area contributed by atoms with Crippen LogP contribution in [-0.2, 0) is 4.74 Å². The van der Waals surface area contributed by atoms with Gasteiger partial charge >= 0.3 is 0 Å². The third-order valence-corrected chi connectivity index (χ3v) is 4.47. The SMILES string of the molecule is CC1CN(c2ccc(NC(=O)c3cccc4cn[nH]c34)cn2)CC(C)O1. The number of morpholine rings is 1. The van der Waals surface area contributed by atoms with Crippen molar-refractivity contribution in [1.29, 1.82) is 0 Å². The molecule has 0 aliphatic carbocycles. The molecule has 4 rings (SSSR count). The highest BCUT2D eigenvalue weighted by Gasteiger charge is 2.23. The van der Waals surface area contributed by atoms with Crippen LogP contribution in [0.5, 0.6) is 0 Å². The minimum atomic E-state index is -0.192. The molecule has 0 radical (unpaired) electrons. The molecule has 2 unspecified atom stereocenters. The van der Waals surface area contributed by atoms with Gasteiger partial charge in [-0.3, -0.25) is 9.89 Å². The molecule has 26 heavy (non-hydrogen) atoms. The van der Waals surface area contributed by atoms with Gasteiger partial charge in [-0.25, -0.2) is 4.98 Å². The number of anilines is 2. The summed E-state index contributed by atoms with van der Waals surface area (Å²) in [5.41, 5.74) is 1.94. The first-order chi connectivity index (χ1) is 12.6. The van der Waals surface area contributed by atoms with Crippen molar-refractivity contribution < 1.29 is 9.53 Å². The van der Waals surface area contributed by atoms with Crippen molar-refractivity contribution in [1.82, 2.24) is 15.2 Å². The van der Waals surface area contributed by atoms with Gasteiger partial charge in [0.25, 0.3) is 5.91 Å². The molecule has 1 saturated heterocycles. The highest BCUT2D eigenvalue weighted by molar-refractivity contribution is 6.11. The van der Waals surface area contributed by atoms with E-state index in [1.165, 1.54) is 0 Å². The predicted octanol–water partition coefficient (Wildman–Crippen LogP) is 2.82. The fourth-order valence-electron chi connectivity index (χ4n) is 3.37. The molecule has 1 aromatic carbocycles. The number of fused-ring (bicyclic) bond motifs is 1. The quantitative estimate of drug-likeness (QED) is 0.758. The molecular formula is C19H21N5O2. The van der Waals surface area contributed by atoms with Crippen LogP contribution < -0.4 is 10.2 Å². The summed E-state index contributed by atoms with van der Waals surface area (Å²) in [7, 11) is 0. The Hall–Kier alpha value is -2.93. The van der Waals surface area contributed by atoms with Crippen molar-refractivity contribution in [3.05, 3.63) is 48.3 Å². The fraction of sp³-hybridized carbons (Fsp3) is 0.316. The lowest BCUT2D eigenvalue weighted by Gasteiger charge is -2.36. The lowest BCUT2D eigenvalue weighted by atomic mass is 10.1. The molecule has 3 heterocycles. The van der Waals surface area contributed by atoms with E-state index in [0.29, 0.717) is 11.3 Å². The Balaban J connectivity index is 1.49. The van der Waals surface area contributed by atoms with E-state index in [0.717, 1.165) is 29.8 Å². The number of carbonyl (C=O) groups excluding carboxylic acids is 1. The van der Waals surface area contributed by atoms with Crippen LogP contribution in [0.15, 0.2) is 42.7 Å². The van der Waals surface area contributed by atoms with Crippen LogP contribution in [-0.4, -0.2) is 46.4 Å². The van der Waals surface area contributed by atoms with Crippen molar-refractivity contribution in [3.8, 4) is 0 Å². The first-order valence-corrected chi connectivity index (χ1v) is 8.70. The lowest BCUT2D eigenvalue weighted by molar-refractivity contribution is -0.00545. The number of nitrogens with one attached hydrogen (secondary N) is 2. The van der Waals surface area contributed by atoms with Gasteiger partial charge in [0, 0.05) is 18.5 Å². The standard InChI is InChI=1S/C19H21N5O2/c1-12-10-24(11-13(2)26-12)17-7-6-15(9-20-17)22-19(25)16-5-3-4-14-8-21-23-18(14)16/h3-9,12-13H,10-11H2,1-2H3,(H,21,23)(H,22,25). The second-order valence-corrected chi connectivity index (χ2v) is 6.66. The first kappa shape index (κ1) is 16.5. The number of hydrogen-bond acceptors (Lipinski definition) is 5. The van der Waals surface area contributed by atoms with Crippen LogP contribution in [0.1, 0.15) is 24.2 Å². The van der Waals surface area contributed by atoms with Crippen LogP contribution in [0.25, 0.3) is 10.9 Å². The van der Waals surface area contributed by atoms with Gasteiger partial charge in [0.05, 0.1) is 41.4 Å². The van der Waals surface area contributed by atoms with Gasteiger partial charge in [0.2, 0.25) is 0 Å². The summed E-state index contributed by atoms with van der Waals surface area (Å²) in [6.07, 6.45) is 3.74. The monoisotopic (exact) mass is 351 g/mol. The molecule has 2 aromatic heterocycles. The van der Waals surface area contributed by atoms with Crippen molar-refractivity contribution in [3.63, 3.8) is 0 Å². The Bertz CT molecular complexity index is 911. The van der Waals surface area contributed by atoms with Gasteiger partial charge in [0.15, 0.2) is 0 Å². The average Bonchev–Trinajstić information content (AvgIpc) is 3.10. The average molecular weight is 351 g/mol. The van der Waals surface area contributed by atoms with Crippen molar-refractivity contribution >= 4 is 28.3 Å². The molecule has 0 spiro atoms. The highest BCUT2D eigenvalue weighted by Crippen LogP contribution is 2.21. The van der Waals surface area contributed by atoms with E-state index in [4.69, 9.17) is 4.74 Å². The Labute approximate surface area is 151 Å². The van der Waals surface area contributed by atoms with Gasteiger partial charge in [0.1, 0.15) is 5.82 Å². The second-order valence-electron chi connectivity index (χ2n) is 6.66. The topological polar surface area (TPSA) is 83.1 Å². The number of amides is 1. The molecule has 1 amide bonds. The molecule has 134 valence electrons. The molecule has 2 atom stereocenters. The second kappa shape index (κ2) is 6.76. The van der Waals surface area contributed by atoms with Gasteiger partial charge in [-0.1, -0.05) is 12.1 Å². The number of pyridine rings is 1. The summed E-state index contributed by atoms with van der Waals surface area (Å²) in [6, 6.07) is 9.33. The molecule has 1 aliphatic rings. The van der Waals surface area contributed by atoms with Crippen molar-refractivity contribution in [2.45, 2.75) is 26.1 Å². The number of para-hydroxylation sites is 1. The van der Waals surface area contributed by atoms with E-state index >= 15 is 0 Å². The number of hydrogen-bond donors (Lipinski definition) is 2. The van der Waals surface area contributed by atoms with Crippen LogP contribution >= 0.6 is 0 Å². The number of carbonyl (C=O) groups is 1. The summed E-state index contributed by atoms with van der Waals surface area (Å²) >= 11 is 0. The molecule has 7 nitrogen and oxygen atoms in total. The number of benzene rings is 1. The zero-order valence-electron chi connectivity index (χ0n) is 14.8. The Morgan fingerprint density at radius 2 is 2.00 bits per heavy atom. The van der Waals surface area contributed by atoms with Gasteiger partial charge in [-0.15, -0.1) is 0 Å². The third-order valence-electron chi connectivity index (χ3n) is 4.47. The summed E-state index contributed by atoms with van der Waals surface area (Å²) in [4.78, 5) is 19.3. The molecule has 1 aliphatic heterocycles. The van der Waals surface area contributed by atoms with E-state index in [2.05, 4.69) is 39.2 Å². The number of aromatic nitrogens is 3. The van der Waals surface area contributed by atoms with Gasteiger partial charge < -0.3 is 15.0 Å². The molecule has 1 fully saturated rings. The molecule has 0 bridgehead atoms. The molecular weight excluding hydrogens is 330 g/mol. The van der Waals surface area contributed by atoms with Crippen LogP contribution in [0.4, 0.5) is 11.5 Å². The molecule has 0 saturated carbocycles. The Kier molecular flexibility index (Phi) is 4.30. The minimum Gasteiger partial charge on any atom is -0.372 e. The van der Waals surface area contributed by atoms with E-state index in [1.54, 1.807) is 18.5 Å². The number of H-pyrrole nitrogens is 1. The molecule has 7 heteroatoms. The normalized spacial score (nSPS) is 20.3. The number of aromatic amines is 1. The first-order valence-electron chi connectivity index (χ1n) is 8.70. The maximum Gasteiger partial charge on any atom is 0.257 e. The fourth-order valence-corrected chi connectivity index (χ4v) is 3.37. The number of nitrogens with zero attached hydrogens (tertiary/aromatic N) is 3. The summed E-state index contributed by atoms with van der Waals surface area (Å²) < 4.78 is 5.76. The van der Waals surface area contributed by atoms with Crippen molar-refractivity contribution in [2.24, 2.45) is 0 Å². The largest absolute Gasteiger partial charge is 0.372 e. The van der Waals surface area contributed by atoms with Crippen molar-refractivity contribution in [2.75, 3.05) is 23.3 Å². The van der Waals surface area contributed by atoms with E-state index in [9.17, 15) is 4.79 Å². The smallest absolute Gasteiger partial charge is 0.257 e. The highest BCUT2D eigenvalue weighted by atomic mass is 16.5. The third kappa shape index (κ3) is 3.25. The lowest BCUT2D eigenvalue weighted by Crippen LogP contribution is -2.45. The summed E-state index contributed by atoms with van der Waals surface area (Å²) in [5.74, 6) is 0.698. The molecule has 2 N–H and O–H groups in total. The Morgan fingerprint density at radius 1 is 1.19 bits per heavy atom. The summed E-state index contributed by atoms with van der Waals surface area (Å²) in [6.45, 7) is 5.75. The number of rotatable bonds is 3. The van der Waals surface area contributed by atoms with Gasteiger partial charge in [-0.2, -0.15) is 5.10 Å².